The standard InChI is InChI=1S/C23H19Cl3N4O5S/c1-13(31)28-16-11-30(36(33,34)17-5-2-4-14(24)8-17)20-9-15(10-27-23(20)35-12-16)29-22(32)21-18(25)6-3-7-19(21)26/h2-10,16H,11-12H2,1H3,(H,28,31)(H,29,32). The predicted molar refractivity (Wildman–Crippen MR) is 138 cm³/mol. The first kappa shape index (κ1) is 26.0. The number of rotatable bonds is 5. The summed E-state index contributed by atoms with van der Waals surface area (Å²) in [4.78, 5) is 28.7. The molecule has 2 aromatic carbocycles. The van der Waals surface area contributed by atoms with E-state index in [0.29, 0.717) is 0 Å². The minimum absolute atomic E-state index is 0.00206. The van der Waals surface area contributed by atoms with Crippen molar-refractivity contribution in [2.45, 2.75) is 17.9 Å². The van der Waals surface area contributed by atoms with Crippen molar-refractivity contribution in [3.05, 3.63) is 75.4 Å². The van der Waals surface area contributed by atoms with Gasteiger partial charge in [0.05, 0.1) is 45.0 Å². The van der Waals surface area contributed by atoms with Crippen LogP contribution in [-0.2, 0) is 14.8 Å². The van der Waals surface area contributed by atoms with Crippen LogP contribution in [-0.4, -0.2) is 44.4 Å². The first-order chi connectivity index (χ1) is 17.1. The number of halogens is 3. The van der Waals surface area contributed by atoms with Crippen LogP contribution in [0.3, 0.4) is 0 Å². The molecule has 0 aliphatic carbocycles. The zero-order valence-electron chi connectivity index (χ0n) is 18.7. The summed E-state index contributed by atoms with van der Waals surface area (Å²) in [7, 11) is -4.18. The van der Waals surface area contributed by atoms with Crippen LogP contribution in [0.1, 0.15) is 17.3 Å². The van der Waals surface area contributed by atoms with E-state index >= 15 is 0 Å². The average molecular weight is 570 g/mol. The quantitative estimate of drug-likeness (QED) is 0.471. The second-order valence-electron chi connectivity index (χ2n) is 7.80. The number of fused-ring (bicyclic) bond motifs is 1. The van der Waals surface area contributed by atoms with E-state index in [9.17, 15) is 18.0 Å². The van der Waals surface area contributed by atoms with E-state index in [-0.39, 0.29) is 61.8 Å². The van der Waals surface area contributed by atoms with Gasteiger partial charge in [-0.1, -0.05) is 46.9 Å². The number of hydrogen-bond acceptors (Lipinski definition) is 6. The number of benzene rings is 2. The zero-order chi connectivity index (χ0) is 26.0. The number of pyridine rings is 1. The number of anilines is 2. The monoisotopic (exact) mass is 568 g/mol. The van der Waals surface area contributed by atoms with Gasteiger partial charge in [0.25, 0.3) is 15.9 Å². The van der Waals surface area contributed by atoms with Crippen molar-refractivity contribution in [1.29, 1.82) is 0 Å². The highest BCUT2D eigenvalue weighted by Crippen LogP contribution is 2.36. The van der Waals surface area contributed by atoms with Crippen molar-refractivity contribution in [3.63, 3.8) is 0 Å². The van der Waals surface area contributed by atoms with Gasteiger partial charge in [0.2, 0.25) is 11.8 Å². The Morgan fingerprint density at radius 3 is 2.44 bits per heavy atom. The number of nitrogens with one attached hydrogen (secondary N) is 2. The maximum Gasteiger partial charge on any atom is 0.264 e. The third kappa shape index (κ3) is 5.52. The number of carbonyl (C=O) groups excluding carboxylic acids is 2. The van der Waals surface area contributed by atoms with Gasteiger partial charge in [0, 0.05) is 11.9 Å². The van der Waals surface area contributed by atoms with Crippen molar-refractivity contribution in [3.8, 4) is 5.88 Å². The lowest BCUT2D eigenvalue weighted by atomic mass is 10.2. The van der Waals surface area contributed by atoms with Crippen LogP contribution in [0.5, 0.6) is 5.88 Å². The molecule has 0 saturated carbocycles. The van der Waals surface area contributed by atoms with Gasteiger partial charge in [-0.25, -0.2) is 13.4 Å². The molecule has 0 bridgehead atoms. The summed E-state index contributed by atoms with van der Waals surface area (Å²) in [6.45, 7) is 1.14. The Hall–Kier alpha value is -3.05. The molecule has 1 aromatic heterocycles. The molecule has 2 N–H and O–H groups in total. The Kier molecular flexibility index (Phi) is 7.60. The number of carbonyl (C=O) groups is 2. The van der Waals surface area contributed by atoms with Crippen LogP contribution < -0.4 is 19.7 Å². The van der Waals surface area contributed by atoms with Gasteiger partial charge in [0.15, 0.2) is 0 Å². The lowest BCUT2D eigenvalue weighted by molar-refractivity contribution is -0.119. The van der Waals surface area contributed by atoms with Crippen LogP contribution >= 0.6 is 34.8 Å². The molecule has 1 atom stereocenters. The van der Waals surface area contributed by atoms with Crippen molar-refractivity contribution in [2.24, 2.45) is 0 Å². The van der Waals surface area contributed by atoms with Crippen LogP contribution in [0.2, 0.25) is 15.1 Å². The minimum Gasteiger partial charge on any atom is -0.474 e. The fourth-order valence-corrected chi connectivity index (χ4v) is 5.97. The topological polar surface area (TPSA) is 118 Å². The van der Waals surface area contributed by atoms with Gasteiger partial charge in [-0.2, -0.15) is 0 Å². The smallest absolute Gasteiger partial charge is 0.264 e. The van der Waals surface area contributed by atoms with E-state index in [4.69, 9.17) is 39.5 Å². The van der Waals surface area contributed by atoms with Crippen molar-refractivity contribution in [2.75, 3.05) is 22.8 Å². The molecule has 1 unspecified atom stereocenters. The molecule has 188 valence electrons. The Labute approximate surface area is 222 Å². The van der Waals surface area contributed by atoms with Crippen LogP contribution in [0, 0.1) is 0 Å². The number of hydrogen-bond donors (Lipinski definition) is 2. The van der Waals surface area contributed by atoms with Gasteiger partial charge >= 0.3 is 0 Å². The zero-order valence-corrected chi connectivity index (χ0v) is 21.7. The normalized spacial score (nSPS) is 15.3. The fraction of sp³-hybridized carbons (Fsp3) is 0.174. The summed E-state index contributed by atoms with van der Waals surface area (Å²) in [6.07, 6.45) is 1.31. The van der Waals surface area contributed by atoms with Gasteiger partial charge in [0.1, 0.15) is 12.3 Å². The Morgan fingerprint density at radius 2 is 1.78 bits per heavy atom. The molecule has 0 spiro atoms. The predicted octanol–water partition coefficient (Wildman–Crippen LogP) is 4.39. The van der Waals surface area contributed by atoms with E-state index in [2.05, 4.69) is 15.6 Å². The molecule has 3 aromatic rings. The number of sulfonamides is 1. The third-order valence-electron chi connectivity index (χ3n) is 5.15. The number of amides is 2. The molecule has 2 heterocycles. The molecule has 1 aliphatic heterocycles. The molecule has 2 amide bonds. The molecule has 9 nitrogen and oxygen atoms in total. The van der Waals surface area contributed by atoms with E-state index in [1.165, 1.54) is 49.5 Å². The summed E-state index contributed by atoms with van der Waals surface area (Å²) in [6, 6.07) is 11.2. The average Bonchev–Trinajstić information content (AvgIpc) is 2.98. The molecular formula is C23H19Cl3N4O5S. The molecule has 36 heavy (non-hydrogen) atoms. The Balaban J connectivity index is 1.76. The SMILES string of the molecule is CC(=O)NC1COc2ncc(NC(=O)c3c(Cl)cccc3Cl)cc2N(S(=O)(=O)c2cccc(Cl)c2)C1. The molecular weight excluding hydrogens is 551 g/mol. The summed E-state index contributed by atoms with van der Waals surface area (Å²) in [5.74, 6) is -0.961. The Morgan fingerprint density at radius 1 is 1.08 bits per heavy atom. The summed E-state index contributed by atoms with van der Waals surface area (Å²) in [5, 5.41) is 5.84. The summed E-state index contributed by atoms with van der Waals surface area (Å²) >= 11 is 18.3. The molecule has 0 saturated heterocycles. The lowest BCUT2D eigenvalue weighted by Crippen LogP contribution is -2.46. The molecule has 13 heteroatoms. The molecule has 1 aliphatic rings. The van der Waals surface area contributed by atoms with Gasteiger partial charge in [-0.15, -0.1) is 0 Å². The highest BCUT2D eigenvalue weighted by atomic mass is 35.5. The third-order valence-corrected chi connectivity index (χ3v) is 7.79. The van der Waals surface area contributed by atoms with Crippen LogP contribution in [0.4, 0.5) is 11.4 Å². The minimum atomic E-state index is -4.18. The molecule has 0 radical (unpaired) electrons. The maximum absolute atomic E-state index is 13.7. The van der Waals surface area contributed by atoms with E-state index in [1.807, 2.05) is 0 Å². The number of aromatic nitrogens is 1. The van der Waals surface area contributed by atoms with Gasteiger partial charge < -0.3 is 15.4 Å². The first-order valence-electron chi connectivity index (χ1n) is 10.5. The largest absolute Gasteiger partial charge is 0.474 e. The van der Waals surface area contributed by atoms with Crippen molar-refractivity contribution < 1.29 is 22.7 Å². The van der Waals surface area contributed by atoms with Crippen molar-refractivity contribution >= 4 is 68.0 Å². The van der Waals surface area contributed by atoms with Gasteiger partial charge in [-0.3, -0.25) is 13.9 Å². The Bertz CT molecular complexity index is 1430. The van der Waals surface area contributed by atoms with Gasteiger partial charge in [-0.05, 0) is 36.4 Å². The first-order valence-corrected chi connectivity index (χ1v) is 13.1. The van der Waals surface area contributed by atoms with Crippen LogP contribution in [0.15, 0.2) is 59.6 Å². The molecule has 0 fully saturated rings. The second kappa shape index (κ2) is 10.5. The van der Waals surface area contributed by atoms with Crippen molar-refractivity contribution in [1.82, 2.24) is 10.3 Å². The van der Waals surface area contributed by atoms with Crippen LogP contribution in [0.25, 0.3) is 0 Å². The highest BCUT2D eigenvalue weighted by molar-refractivity contribution is 7.92. The number of ether oxygens (including phenoxy) is 1. The summed E-state index contributed by atoms with van der Waals surface area (Å²) in [5.41, 5.74) is 0.287. The lowest BCUT2D eigenvalue weighted by Gasteiger charge is -2.26. The van der Waals surface area contributed by atoms with E-state index in [1.54, 1.807) is 12.1 Å². The second-order valence-corrected chi connectivity index (χ2v) is 10.9. The van der Waals surface area contributed by atoms with E-state index < -0.39 is 22.0 Å². The van der Waals surface area contributed by atoms with E-state index in [0.717, 1.165) is 4.31 Å². The highest BCUT2D eigenvalue weighted by Gasteiger charge is 2.34. The summed E-state index contributed by atoms with van der Waals surface area (Å²) < 4.78 is 34.1. The molecule has 4 rings (SSSR count). The number of nitrogens with zero attached hydrogens (tertiary/aromatic N) is 2. The maximum atomic E-state index is 13.7. The fourth-order valence-electron chi connectivity index (χ4n) is 3.59.